The van der Waals surface area contributed by atoms with E-state index >= 15 is 0 Å². The van der Waals surface area contributed by atoms with Crippen LogP contribution in [-0.2, 0) is 6.42 Å². The van der Waals surface area contributed by atoms with Gasteiger partial charge < -0.3 is 20.5 Å². The summed E-state index contributed by atoms with van der Waals surface area (Å²) in [7, 11) is 1.47. The first kappa shape index (κ1) is 25.9. The minimum atomic E-state index is -4.31. The normalized spacial score (nSPS) is 14.9. The summed E-state index contributed by atoms with van der Waals surface area (Å²) in [5, 5.41) is 2.48. The van der Waals surface area contributed by atoms with Crippen molar-refractivity contribution in [3.8, 4) is 22.9 Å². The van der Waals surface area contributed by atoms with Gasteiger partial charge >= 0.3 is 12.2 Å². The number of alkyl halides is 3. The molecule has 0 aliphatic carbocycles. The van der Waals surface area contributed by atoms with Crippen LogP contribution in [0.25, 0.3) is 11.1 Å². The van der Waals surface area contributed by atoms with Gasteiger partial charge in [0, 0.05) is 48.6 Å². The quantitative estimate of drug-likeness (QED) is 0.440. The van der Waals surface area contributed by atoms with Gasteiger partial charge in [0.25, 0.3) is 5.91 Å². The lowest BCUT2D eigenvalue weighted by Crippen LogP contribution is -2.30. The second kappa shape index (κ2) is 10.8. The lowest BCUT2D eigenvalue weighted by atomic mass is 9.85. The van der Waals surface area contributed by atoms with Gasteiger partial charge in [-0.15, -0.1) is 0 Å². The number of benzene rings is 1. The third-order valence-electron chi connectivity index (χ3n) is 5.92. The zero-order valence-corrected chi connectivity index (χ0v) is 19.8. The van der Waals surface area contributed by atoms with E-state index in [-0.39, 0.29) is 36.8 Å². The first-order valence-electron chi connectivity index (χ1n) is 11.4. The van der Waals surface area contributed by atoms with Crippen LogP contribution in [0.3, 0.4) is 0 Å². The van der Waals surface area contributed by atoms with Crippen LogP contribution in [0.2, 0.25) is 0 Å². The molecule has 0 spiro atoms. The maximum Gasteiger partial charge on any atom is 0.389 e. The maximum absolute atomic E-state index is 12.9. The molecule has 9 nitrogen and oxygen atoms in total. The lowest BCUT2D eigenvalue weighted by molar-refractivity contribution is -0.135. The van der Waals surface area contributed by atoms with Gasteiger partial charge in [-0.05, 0) is 36.1 Å². The van der Waals surface area contributed by atoms with E-state index in [0.29, 0.717) is 17.7 Å². The smallest absolute Gasteiger partial charge is 0.389 e. The Morgan fingerprint density at radius 3 is 2.62 bits per heavy atom. The fraction of sp³-hybridized carbons (Fsp3) is 0.320. The maximum atomic E-state index is 12.9. The number of nitrogens with zero attached hydrogens (tertiary/aromatic N) is 3. The number of methoxy groups -OCH3 is 1. The molecule has 3 aromatic rings. The fourth-order valence-corrected chi connectivity index (χ4v) is 4.13. The van der Waals surface area contributed by atoms with Crippen molar-refractivity contribution in [3.63, 3.8) is 0 Å². The van der Waals surface area contributed by atoms with E-state index in [4.69, 9.17) is 15.2 Å². The Kier molecular flexibility index (Phi) is 7.55. The van der Waals surface area contributed by atoms with Gasteiger partial charge in [0.2, 0.25) is 5.91 Å². The molecule has 0 radical (unpaired) electrons. The Morgan fingerprint density at radius 1 is 1.19 bits per heavy atom. The third-order valence-corrected chi connectivity index (χ3v) is 5.92. The van der Waals surface area contributed by atoms with Crippen LogP contribution in [-0.4, -0.2) is 53.2 Å². The number of nitrogens with one attached hydrogen (secondary N) is 1. The standard InChI is InChI=1S/C25H24F3N5O4/c1-36-24-32-11-16(12-33-24)17-4-2-5-20-19(17)9-15(13-37-20)18-8-14(22(29)34)10-31-21(18)23(35)30-7-3-6-25(26,27)28/h2,4-5,8,10-12,15H,3,6-7,9,13H2,1H3,(H2,29,34)(H,30,35)/t15-/m1/s1. The molecule has 2 amide bonds. The van der Waals surface area contributed by atoms with Gasteiger partial charge in [-0.25, -0.2) is 15.0 Å². The van der Waals surface area contributed by atoms with E-state index in [1.165, 1.54) is 19.4 Å². The van der Waals surface area contributed by atoms with Crippen LogP contribution < -0.4 is 20.5 Å². The van der Waals surface area contributed by atoms with Gasteiger partial charge in [-0.2, -0.15) is 13.2 Å². The van der Waals surface area contributed by atoms with Crippen molar-refractivity contribution in [2.45, 2.75) is 31.4 Å². The predicted octanol–water partition coefficient (Wildman–Crippen LogP) is 3.44. The topological polar surface area (TPSA) is 129 Å². The molecule has 0 bridgehead atoms. The summed E-state index contributed by atoms with van der Waals surface area (Å²) in [6.45, 7) is 0.0104. The molecular formula is C25H24F3N5O4. The molecule has 3 N–H and O–H groups in total. The number of fused-ring (bicyclic) bond motifs is 1. The number of hydrogen-bond donors (Lipinski definition) is 2. The number of nitrogens with two attached hydrogens (primary N) is 1. The summed E-state index contributed by atoms with van der Waals surface area (Å²) >= 11 is 0. The number of halogens is 3. The molecule has 37 heavy (non-hydrogen) atoms. The fourth-order valence-electron chi connectivity index (χ4n) is 4.13. The van der Waals surface area contributed by atoms with Crippen molar-refractivity contribution in [1.82, 2.24) is 20.3 Å². The highest BCUT2D eigenvalue weighted by molar-refractivity contribution is 5.97. The molecule has 194 valence electrons. The van der Waals surface area contributed by atoms with E-state index in [1.54, 1.807) is 12.4 Å². The number of primary amides is 1. The molecule has 1 aromatic carbocycles. The molecule has 0 saturated carbocycles. The highest BCUT2D eigenvalue weighted by atomic mass is 19.4. The average Bonchev–Trinajstić information content (AvgIpc) is 2.89. The molecule has 3 heterocycles. The highest BCUT2D eigenvalue weighted by Gasteiger charge is 2.30. The van der Waals surface area contributed by atoms with Gasteiger partial charge in [-0.1, -0.05) is 12.1 Å². The van der Waals surface area contributed by atoms with Crippen molar-refractivity contribution in [2.75, 3.05) is 20.3 Å². The molecule has 2 aromatic heterocycles. The molecule has 0 unspecified atom stereocenters. The molecule has 0 fully saturated rings. The monoisotopic (exact) mass is 515 g/mol. The molecule has 1 aliphatic heterocycles. The summed E-state index contributed by atoms with van der Waals surface area (Å²) in [6.07, 6.45) is -0.739. The van der Waals surface area contributed by atoms with Gasteiger partial charge in [0.05, 0.1) is 19.3 Å². The number of ether oxygens (including phenoxy) is 2. The summed E-state index contributed by atoms with van der Waals surface area (Å²) in [6, 6.07) is 7.27. The summed E-state index contributed by atoms with van der Waals surface area (Å²) in [5.41, 5.74) is 8.34. The second-order valence-electron chi connectivity index (χ2n) is 8.45. The summed E-state index contributed by atoms with van der Waals surface area (Å²) in [5.74, 6) is -1.10. The number of hydrogen-bond acceptors (Lipinski definition) is 7. The number of pyridine rings is 1. The first-order valence-corrected chi connectivity index (χ1v) is 11.4. The van der Waals surface area contributed by atoms with Crippen LogP contribution in [0.15, 0.2) is 42.9 Å². The Labute approximate surface area is 210 Å². The van der Waals surface area contributed by atoms with Crippen molar-refractivity contribution in [3.05, 3.63) is 65.2 Å². The minimum Gasteiger partial charge on any atom is -0.493 e. The number of amides is 2. The first-order chi connectivity index (χ1) is 17.7. The highest BCUT2D eigenvalue weighted by Crippen LogP contribution is 2.39. The van der Waals surface area contributed by atoms with Crippen molar-refractivity contribution >= 4 is 11.8 Å². The molecule has 1 atom stereocenters. The second-order valence-corrected chi connectivity index (χ2v) is 8.45. The van der Waals surface area contributed by atoms with E-state index in [1.807, 2.05) is 18.2 Å². The Hall–Kier alpha value is -4.22. The van der Waals surface area contributed by atoms with Crippen molar-refractivity contribution in [2.24, 2.45) is 5.73 Å². The molecule has 12 heteroatoms. The van der Waals surface area contributed by atoms with E-state index in [9.17, 15) is 22.8 Å². The number of carbonyl (C=O) groups is 2. The number of rotatable bonds is 8. The van der Waals surface area contributed by atoms with Crippen LogP contribution >= 0.6 is 0 Å². The zero-order chi connectivity index (χ0) is 26.6. The summed E-state index contributed by atoms with van der Waals surface area (Å²) in [4.78, 5) is 37.2. The van der Waals surface area contributed by atoms with Gasteiger partial charge in [0.1, 0.15) is 11.4 Å². The van der Waals surface area contributed by atoms with E-state index in [2.05, 4.69) is 20.3 Å². The van der Waals surface area contributed by atoms with Crippen LogP contribution in [0.1, 0.15) is 50.7 Å². The lowest BCUT2D eigenvalue weighted by Gasteiger charge is -2.28. The largest absolute Gasteiger partial charge is 0.493 e. The Balaban J connectivity index is 1.63. The Bertz CT molecular complexity index is 1300. The number of aromatic nitrogens is 3. The van der Waals surface area contributed by atoms with Crippen LogP contribution in [0, 0.1) is 0 Å². The molecule has 4 rings (SSSR count). The van der Waals surface area contributed by atoms with Gasteiger partial charge in [-0.3, -0.25) is 9.59 Å². The SMILES string of the molecule is COc1ncc(-c2cccc3c2C[C@@H](c2cc(C(N)=O)cnc2C(=O)NCCCC(F)(F)F)CO3)cn1. The minimum absolute atomic E-state index is 0.000629. The predicted molar refractivity (Wildman–Crippen MR) is 126 cm³/mol. The molecular weight excluding hydrogens is 491 g/mol. The Morgan fingerprint density at radius 2 is 1.95 bits per heavy atom. The average molecular weight is 515 g/mol. The van der Waals surface area contributed by atoms with Crippen LogP contribution in [0.4, 0.5) is 13.2 Å². The number of carbonyl (C=O) groups excluding carboxylic acids is 2. The van der Waals surface area contributed by atoms with Gasteiger partial charge in [0.15, 0.2) is 0 Å². The van der Waals surface area contributed by atoms with Crippen molar-refractivity contribution in [1.29, 1.82) is 0 Å². The van der Waals surface area contributed by atoms with E-state index < -0.39 is 30.3 Å². The molecule has 1 aliphatic rings. The third kappa shape index (κ3) is 6.13. The summed E-state index contributed by atoms with van der Waals surface area (Å²) < 4.78 is 48.4. The zero-order valence-electron chi connectivity index (χ0n) is 19.8. The van der Waals surface area contributed by atoms with Crippen molar-refractivity contribution < 1.29 is 32.2 Å². The van der Waals surface area contributed by atoms with E-state index in [0.717, 1.165) is 16.7 Å². The molecule has 0 saturated heterocycles. The van der Waals surface area contributed by atoms with Crippen LogP contribution in [0.5, 0.6) is 11.8 Å².